The number of ether oxygens (including phenoxy) is 1. The molecule has 1 heterocycles. The van der Waals surface area contributed by atoms with Gasteiger partial charge in [-0.05, 0) is 31.2 Å². The van der Waals surface area contributed by atoms with E-state index >= 15 is 0 Å². The molecule has 0 aromatic heterocycles. The van der Waals surface area contributed by atoms with Crippen LogP contribution < -0.4 is 10.6 Å². The van der Waals surface area contributed by atoms with E-state index in [0.717, 1.165) is 44.3 Å². The van der Waals surface area contributed by atoms with Gasteiger partial charge in [0, 0.05) is 25.2 Å². The smallest absolute Gasteiger partial charge is 0.407 e. The fraction of sp³-hybridized carbons (Fsp3) is 0.556. The maximum Gasteiger partial charge on any atom is 0.407 e. The number of nitrogens with one attached hydrogen (secondary N) is 2. The van der Waals surface area contributed by atoms with Gasteiger partial charge in [0.2, 0.25) is 5.91 Å². The first-order valence-electron chi connectivity index (χ1n) is 8.69. The third-order valence-corrected chi connectivity index (χ3v) is 4.67. The molecule has 1 aliphatic heterocycles. The minimum Gasteiger partial charge on any atom is -0.445 e. The lowest BCUT2D eigenvalue weighted by Crippen LogP contribution is -2.54. The fourth-order valence-electron chi connectivity index (χ4n) is 3.14. The molecule has 6 nitrogen and oxygen atoms in total. The van der Waals surface area contributed by atoms with E-state index in [0.29, 0.717) is 12.6 Å². The number of likely N-dealkylation sites (tertiary alicyclic amines) is 1. The van der Waals surface area contributed by atoms with Crippen LogP contribution in [0.25, 0.3) is 0 Å². The van der Waals surface area contributed by atoms with Crippen molar-refractivity contribution < 1.29 is 14.3 Å². The molecule has 24 heavy (non-hydrogen) atoms. The second-order valence-electron chi connectivity index (χ2n) is 6.54. The van der Waals surface area contributed by atoms with Crippen molar-refractivity contribution in [3.05, 3.63) is 35.9 Å². The SMILES string of the molecule is O=C(NC1CC(NCC(=O)N2CCCC2)C1)OCc1ccccc1. The van der Waals surface area contributed by atoms with Crippen molar-refractivity contribution in [2.45, 2.75) is 44.4 Å². The van der Waals surface area contributed by atoms with E-state index < -0.39 is 0 Å². The second kappa shape index (κ2) is 8.15. The molecule has 1 saturated carbocycles. The molecule has 2 amide bonds. The number of alkyl carbamates (subject to hydrolysis) is 1. The van der Waals surface area contributed by atoms with Gasteiger partial charge in [0.1, 0.15) is 6.61 Å². The molecule has 2 N–H and O–H groups in total. The molecule has 2 aliphatic rings. The van der Waals surface area contributed by atoms with Crippen LogP contribution in [0, 0.1) is 0 Å². The average Bonchev–Trinajstić information content (AvgIpc) is 3.10. The highest BCUT2D eigenvalue weighted by atomic mass is 16.5. The first-order valence-corrected chi connectivity index (χ1v) is 8.69. The Morgan fingerprint density at radius 2 is 1.79 bits per heavy atom. The second-order valence-corrected chi connectivity index (χ2v) is 6.54. The summed E-state index contributed by atoms with van der Waals surface area (Å²) >= 11 is 0. The molecule has 0 spiro atoms. The molecule has 0 unspecified atom stereocenters. The van der Waals surface area contributed by atoms with Crippen LogP contribution in [0.4, 0.5) is 4.79 Å². The molecule has 1 aliphatic carbocycles. The Kier molecular flexibility index (Phi) is 5.69. The molecule has 1 aromatic rings. The number of rotatable bonds is 6. The summed E-state index contributed by atoms with van der Waals surface area (Å²) in [6.07, 6.45) is 3.54. The zero-order chi connectivity index (χ0) is 16.8. The number of benzene rings is 1. The van der Waals surface area contributed by atoms with Crippen LogP contribution in [0.5, 0.6) is 0 Å². The van der Waals surface area contributed by atoms with Crippen molar-refractivity contribution in [1.29, 1.82) is 0 Å². The molecule has 0 bridgehead atoms. The van der Waals surface area contributed by atoms with Crippen molar-refractivity contribution in [3.63, 3.8) is 0 Å². The minimum absolute atomic E-state index is 0.132. The molecular formula is C18H25N3O3. The largest absolute Gasteiger partial charge is 0.445 e. The van der Waals surface area contributed by atoms with Gasteiger partial charge in [0.05, 0.1) is 6.54 Å². The van der Waals surface area contributed by atoms with E-state index in [1.165, 1.54) is 0 Å². The number of hydrogen-bond acceptors (Lipinski definition) is 4. The Bertz CT molecular complexity index is 552. The third kappa shape index (κ3) is 4.71. The topological polar surface area (TPSA) is 70.7 Å². The molecular weight excluding hydrogens is 306 g/mol. The minimum atomic E-state index is -0.379. The zero-order valence-electron chi connectivity index (χ0n) is 13.9. The average molecular weight is 331 g/mol. The van der Waals surface area contributed by atoms with Crippen LogP contribution in [0.15, 0.2) is 30.3 Å². The van der Waals surface area contributed by atoms with Crippen molar-refractivity contribution in [1.82, 2.24) is 15.5 Å². The third-order valence-electron chi connectivity index (χ3n) is 4.67. The number of hydrogen-bond donors (Lipinski definition) is 2. The van der Waals surface area contributed by atoms with Gasteiger partial charge in [-0.25, -0.2) is 4.79 Å². The summed E-state index contributed by atoms with van der Waals surface area (Å²) < 4.78 is 5.20. The van der Waals surface area contributed by atoms with Gasteiger partial charge in [-0.2, -0.15) is 0 Å². The summed E-state index contributed by atoms with van der Waals surface area (Å²) in [5.41, 5.74) is 0.973. The van der Waals surface area contributed by atoms with E-state index in [9.17, 15) is 9.59 Å². The summed E-state index contributed by atoms with van der Waals surface area (Å²) in [6, 6.07) is 10.1. The number of amides is 2. The van der Waals surface area contributed by atoms with Gasteiger partial charge in [-0.15, -0.1) is 0 Å². The first kappa shape index (κ1) is 16.8. The van der Waals surface area contributed by atoms with E-state index in [-0.39, 0.29) is 24.6 Å². The normalized spacial score (nSPS) is 22.8. The van der Waals surface area contributed by atoms with Gasteiger partial charge in [0.25, 0.3) is 0 Å². The van der Waals surface area contributed by atoms with E-state index in [2.05, 4.69) is 10.6 Å². The van der Waals surface area contributed by atoms with Crippen LogP contribution in [-0.2, 0) is 16.1 Å². The Balaban J connectivity index is 1.26. The van der Waals surface area contributed by atoms with Crippen LogP contribution >= 0.6 is 0 Å². The Labute approximate surface area is 142 Å². The van der Waals surface area contributed by atoms with Gasteiger partial charge >= 0.3 is 6.09 Å². The number of carbonyl (C=O) groups excluding carboxylic acids is 2. The molecule has 3 rings (SSSR count). The lowest BCUT2D eigenvalue weighted by molar-refractivity contribution is -0.129. The highest BCUT2D eigenvalue weighted by Gasteiger charge is 2.31. The van der Waals surface area contributed by atoms with Gasteiger partial charge in [0.15, 0.2) is 0 Å². The van der Waals surface area contributed by atoms with Crippen LogP contribution in [0.2, 0.25) is 0 Å². The Morgan fingerprint density at radius 3 is 2.50 bits per heavy atom. The van der Waals surface area contributed by atoms with E-state index in [1.807, 2.05) is 35.2 Å². The molecule has 0 radical (unpaired) electrons. The number of carbonyl (C=O) groups is 2. The van der Waals surface area contributed by atoms with Crippen molar-refractivity contribution in [2.75, 3.05) is 19.6 Å². The summed E-state index contributed by atoms with van der Waals surface area (Å²) in [4.78, 5) is 25.6. The summed E-state index contributed by atoms with van der Waals surface area (Å²) in [7, 11) is 0. The van der Waals surface area contributed by atoms with Crippen LogP contribution in [0.3, 0.4) is 0 Å². The molecule has 2 fully saturated rings. The van der Waals surface area contributed by atoms with E-state index in [4.69, 9.17) is 4.74 Å². The van der Waals surface area contributed by atoms with Crippen LogP contribution in [0.1, 0.15) is 31.2 Å². The summed E-state index contributed by atoms with van der Waals surface area (Å²) in [5.74, 6) is 0.186. The highest BCUT2D eigenvalue weighted by Crippen LogP contribution is 2.20. The van der Waals surface area contributed by atoms with Crippen molar-refractivity contribution in [3.8, 4) is 0 Å². The molecule has 6 heteroatoms. The summed E-state index contributed by atoms with van der Waals surface area (Å²) in [5, 5.41) is 6.14. The maximum atomic E-state index is 11.9. The van der Waals surface area contributed by atoms with Crippen molar-refractivity contribution in [2.24, 2.45) is 0 Å². The predicted molar refractivity (Wildman–Crippen MR) is 90.4 cm³/mol. The highest BCUT2D eigenvalue weighted by molar-refractivity contribution is 5.78. The maximum absolute atomic E-state index is 11.9. The van der Waals surface area contributed by atoms with Crippen LogP contribution in [-0.4, -0.2) is 48.6 Å². The standard InChI is InChI=1S/C18H25N3O3/c22-17(21-8-4-5-9-21)12-19-15-10-16(11-15)20-18(23)24-13-14-6-2-1-3-7-14/h1-3,6-7,15-16,19H,4-5,8-13H2,(H,20,23). The monoisotopic (exact) mass is 331 g/mol. The Hall–Kier alpha value is -2.08. The first-order chi connectivity index (χ1) is 11.7. The lowest BCUT2D eigenvalue weighted by atomic mass is 9.87. The molecule has 130 valence electrons. The summed E-state index contributed by atoms with van der Waals surface area (Å²) in [6.45, 7) is 2.46. The lowest BCUT2D eigenvalue weighted by Gasteiger charge is -2.36. The van der Waals surface area contributed by atoms with Gasteiger partial charge in [-0.1, -0.05) is 30.3 Å². The molecule has 1 saturated heterocycles. The van der Waals surface area contributed by atoms with E-state index in [1.54, 1.807) is 0 Å². The quantitative estimate of drug-likeness (QED) is 0.832. The van der Waals surface area contributed by atoms with Crippen molar-refractivity contribution >= 4 is 12.0 Å². The van der Waals surface area contributed by atoms with Gasteiger partial charge < -0.3 is 20.3 Å². The fourth-order valence-corrected chi connectivity index (χ4v) is 3.14. The molecule has 0 atom stereocenters. The predicted octanol–water partition coefficient (Wildman–Crippen LogP) is 1.66. The Morgan fingerprint density at radius 1 is 1.08 bits per heavy atom. The molecule has 1 aromatic carbocycles. The number of nitrogens with zero attached hydrogens (tertiary/aromatic N) is 1. The zero-order valence-corrected chi connectivity index (χ0v) is 13.9. The van der Waals surface area contributed by atoms with Gasteiger partial charge in [-0.3, -0.25) is 4.79 Å².